The van der Waals surface area contributed by atoms with Crippen LogP contribution in [0.25, 0.3) is 10.9 Å². The Balaban J connectivity index is 1.47. The number of carbonyl (C=O) groups excluding carboxylic acids is 2. The number of fused-ring (bicyclic) bond motifs is 1. The van der Waals surface area contributed by atoms with E-state index in [4.69, 9.17) is 4.74 Å². The molecule has 2 amide bonds. The first-order valence-corrected chi connectivity index (χ1v) is 13.2. The van der Waals surface area contributed by atoms with Crippen LogP contribution in [0.1, 0.15) is 57.1 Å². The van der Waals surface area contributed by atoms with Gasteiger partial charge in [0.1, 0.15) is 11.4 Å². The Morgan fingerprint density at radius 2 is 1.95 bits per heavy atom. The maximum Gasteiger partial charge on any atom is 0.410 e. The number of hydrogen-bond acceptors (Lipinski definition) is 4. The Labute approximate surface area is 221 Å². The minimum Gasteiger partial charge on any atom is -0.444 e. The van der Waals surface area contributed by atoms with Crippen molar-refractivity contribution < 1.29 is 18.7 Å². The van der Waals surface area contributed by atoms with E-state index in [1.165, 1.54) is 10.6 Å². The number of benzene rings is 1. The van der Waals surface area contributed by atoms with Crippen LogP contribution < -0.4 is 5.56 Å². The Morgan fingerprint density at radius 1 is 1.18 bits per heavy atom. The Bertz CT molecular complexity index is 1420. The molecule has 202 valence electrons. The summed E-state index contributed by atoms with van der Waals surface area (Å²) in [5.41, 5.74) is 1.41. The zero-order chi connectivity index (χ0) is 27.2. The number of aromatic nitrogens is 2. The number of pyridine rings is 1. The second kappa shape index (κ2) is 9.93. The fraction of sp³-hybridized carbons (Fsp3) is 0.483. The third-order valence-corrected chi connectivity index (χ3v) is 7.49. The molecule has 5 rings (SSSR count). The summed E-state index contributed by atoms with van der Waals surface area (Å²) in [6, 6.07) is 8.44. The summed E-state index contributed by atoms with van der Waals surface area (Å²) < 4.78 is 21.8. The zero-order valence-electron chi connectivity index (χ0n) is 22.4. The molecule has 2 atom stereocenters. The van der Waals surface area contributed by atoms with E-state index in [1.807, 2.05) is 37.8 Å². The molecule has 1 aromatic carbocycles. The number of nitrogens with one attached hydrogen (secondary N) is 1. The van der Waals surface area contributed by atoms with Crippen molar-refractivity contribution in [3.63, 3.8) is 0 Å². The van der Waals surface area contributed by atoms with Crippen molar-refractivity contribution in [1.82, 2.24) is 19.4 Å². The van der Waals surface area contributed by atoms with Crippen LogP contribution in [-0.2, 0) is 23.1 Å². The van der Waals surface area contributed by atoms with Crippen molar-refractivity contribution in [2.24, 2.45) is 13.0 Å². The van der Waals surface area contributed by atoms with Gasteiger partial charge < -0.3 is 24.1 Å². The van der Waals surface area contributed by atoms with Gasteiger partial charge in [0, 0.05) is 62.1 Å². The van der Waals surface area contributed by atoms with Crippen molar-refractivity contribution >= 4 is 22.9 Å². The van der Waals surface area contributed by atoms with Crippen LogP contribution in [0.2, 0.25) is 0 Å². The first-order chi connectivity index (χ1) is 18.0. The maximum absolute atomic E-state index is 14.7. The number of hydrogen-bond donors (Lipinski definition) is 1. The molecule has 3 aromatic rings. The molecule has 0 spiro atoms. The lowest BCUT2D eigenvalue weighted by atomic mass is 9.79. The molecular formula is C29H35FN4O4. The standard InChI is InChI=1S/C29H35FN4O4/c1-29(2,3)38-28(37)33-13-11-21(18-10-12-32(4)25(35)14-18)22(17-33)27(36)34(20-8-9-20)16-19-15-31-24-7-5-6-23(30)26(19)24/h5-7,10,12,14-15,20-22,31H,8-9,11,13,16-17H2,1-4H3. The Hall–Kier alpha value is -3.62. The minimum absolute atomic E-state index is 0.0698. The van der Waals surface area contributed by atoms with Gasteiger partial charge in [0.25, 0.3) is 5.56 Å². The lowest BCUT2D eigenvalue weighted by molar-refractivity contribution is -0.139. The molecular weight excluding hydrogens is 487 g/mol. The van der Waals surface area contributed by atoms with Gasteiger partial charge in [-0.15, -0.1) is 0 Å². The highest BCUT2D eigenvalue weighted by molar-refractivity contribution is 5.86. The lowest BCUT2D eigenvalue weighted by Crippen LogP contribution is -2.51. The summed E-state index contributed by atoms with van der Waals surface area (Å²) in [4.78, 5) is 46.2. The molecule has 0 bridgehead atoms. The monoisotopic (exact) mass is 522 g/mol. The van der Waals surface area contributed by atoms with Crippen molar-refractivity contribution in [1.29, 1.82) is 0 Å². The van der Waals surface area contributed by atoms with E-state index in [-0.39, 0.29) is 42.3 Å². The second-order valence-electron chi connectivity index (χ2n) is 11.5. The van der Waals surface area contributed by atoms with Crippen molar-refractivity contribution in [3.05, 3.63) is 70.0 Å². The molecule has 2 unspecified atom stereocenters. The highest BCUT2D eigenvalue weighted by Crippen LogP contribution is 2.38. The number of halogens is 1. The van der Waals surface area contributed by atoms with Gasteiger partial charge in [-0.2, -0.15) is 0 Å². The van der Waals surface area contributed by atoms with Crippen molar-refractivity contribution in [3.8, 4) is 0 Å². The van der Waals surface area contributed by atoms with Crippen LogP contribution in [0.15, 0.2) is 47.5 Å². The Morgan fingerprint density at radius 3 is 2.63 bits per heavy atom. The van der Waals surface area contributed by atoms with E-state index >= 15 is 0 Å². The quantitative estimate of drug-likeness (QED) is 0.533. The number of carbonyl (C=O) groups is 2. The Kier molecular flexibility index (Phi) is 6.79. The molecule has 1 saturated carbocycles. The fourth-order valence-corrected chi connectivity index (χ4v) is 5.39. The van der Waals surface area contributed by atoms with Crippen LogP contribution in [0, 0.1) is 11.7 Å². The molecule has 1 saturated heterocycles. The molecule has 2 fully saturated rings. The van der Waals surface area contributed by atoms with Gasteiger partial charge in [0.2, 0.25) is 5.91 Å². The molecule has 2 aliphatic rings. The van der Waals surface area contributed by atoms with E-state index in [9.17, 15) is 18.8 Å². The van der Waals surface area contributed by atoms with Gasteiger partial charge in [-0.3, -0.25) is 9.59 Å². The normalized spacial score (nSPS) is 20.0. The predicted octanol–water partition coefficient (Wildman–Crippen LogP) is 4.54. The van der Waals surface area contributed by atoms with Crippen LogP contribution in [0.5, 0.6) is 0 Å². The number of rotatable bonds is 5. The van der Waals surface area contributed by atoms with E-state index < -0.39 is 17.6 Å². The van der Waals surface area contributed by atoms with E-state index in [1.54, 1.807) is 36.5 Å². The molecule has 3 heterocycles. The number of aromatic amines is 1. The number of likely N-dealkylation sites (tertiary alicyclic amines) is 1. The number of ether oxygens (including phenoxy) is 1. The molecule has 8 nitrogen and oxygen atoms in total. The fourth-order valence-electron chi connectivity index (χ4n) is 5.39. The predicted molar refractivity (Wildman–Crippen MR) is 142 cm³/mol. The molecule has 1 aliphatic carbocycles. The summed E-state index contributed by atoms with van der Waals surface area (Å²) in [5, 5.41) is 0.494. The van der Waals surface area contributed by atoms with Gasteiger partial charge in [-0.1, -0.05) is 6.07 Å². The molecule has 1 aliphatic heterocycles. The molecule has 0 radical (unpaired) electrons. The third kappa shape index (κ3) is 5.33. The van der Waals surface area contributed by atoms with E-state index in [2.05, 4.69) is 4.98 Å². The summed E-state index contributed by atoms with van der Waals surface area (Å²) in [5.74, 6) is -1.19. The molecule has 9 heteroatoms. The van der Waals surface area contributed by atoms with Crippen LogP contribution in [0.4, 0.5) is 9.18 Å². The number of H-pyrrole nitrogens is 1. The zero-order valence-corrected chi connectivity index (χ0v) is 22.4. The summed E-state index contributed by atoms with van der Waals surface area (Å²) in [7, 11) is 1.69. The molecule has 1 N–H and O–H groups in total. The smallest absolute Gasteiger partial charge is 0.410 e. The van der Waals surface area contributed by atoms with Gasteiger partial charge in [-0.05, 0) is 75.3 Å². The summed E-state index contributed by atoms with van der Waals surface area (Å²) in [6.45, 7) is 6.34. The first-order valence-electron chi connectivity index (χ1n) is 13.2. The highest BCUT2D eigenvalue weighted by atomic mass is 19.1. The third-order valence-electron chi connectivity index (χ3n) is 7.49. The van der Waals surface area contributed by atoms with Crippen molar-refractivity contribution in [2.75, 3.05) is 13.1 Å². The van der Waals surface area contributed by atoms with Gasteiger partial charge in [0.05, 0.1) is 5.92 Å². The van der Waals surface area contributed by atoms with Gasteiger partial charge in [0.15, 0.2) is 0 Å². The second-order valence-corrected chi connectivity index (χ2v) is 11.5. The summed E-state index contributed by atoms with van der Waals surface area (Å²) in [6.07, 6.45) is 5.33. The van der Waals surface area contributed by atoms with E-state index in [0.717, 1.165) is 24.0 Å². The van der Waals surface area contributed by atoms with Crippen LogP contribution >= 0.6 is 0 Å². The number of amides is 2. The largest absolute Gasteiger partial charge is 0.444 e. The lowest BCUT2D eigenvalue weighted by Gasteiger charge is -2.40. The number of nitrogens with zero attached hydrogens (tertiary/aromatic N) is 3. The topological polar surface area (TPSA) is 87.6 Å². The minimum atomic E-state index is -0.654. The van der Waals surface area contributed by atoms with Gasteiger partial charge >= 0.3 is 6.09 Å². The first kappa shape index (κ1) is 26.0. The van der Waals surface area contributed by atoms with Crippen LogP contribution in [-0.4, -0.2) is 56.1 Å². The van der Waals surface area contributed by atoms with Crippen LogP contribution in [0.3, 0.4) is 0 Å². The van der Waals surface area contributed by atoms with Crippen molar-refractivity contribution in [2.45, 2.75) is 64.1 Å². The number of aryl methyl sites for hydroxylation is 1. The van der Waals surface area contributed by atoms with Gasteiger partial charge in [-0.25, -0.2) is 9.18 Å². The average molecular weight is 523 g/mol. The number of piperidine rings is 1. The highest BCUT2D eigenvalue weighted by Gasteiger charge is 2.43. The summed E-state index contributed by atoms with van der Waals surface area (Å²) >= 11 is 0. The SMILES string of the molecule is Cn1ccc(C2CCN(C(=O)OC(C)(C)C)CC2C(=O)N(Cc2c[nH]c3cccc(F)c23)C2CC2)cc1=O. The maximum atomic E-state index is 14.7. The average Bonchev–Trinajstić information content (AvgIpc) is 3.62. The molecule has 38 heavy (non-hydrogen) atoms. The van der Waals surface area contributed by atoms with E-state index in [0.29, 0.717) is 23.9 Å². The molecule has 2 aromatic heterocycles.